The lowest BCUT2D eigenvalue weighted by atomic mass is 10.3. The molecule has 1 aromatic rings. The molecule has 0 bridgehead atoms. The van der Waals surface area contributed by atoms with Crippen LogP contribution in [0.4, 0.5) is 0 Å². The van der Waals surface area contributed by atoms with Crippen LogP contribution >= 0.6 is 0 Å². The van der Waals surface area contributed by atoms with Crippen molar-refractivity contribution in [3.63, 3.8) is 0 Å². The molecule has 1 rings (SSSR count). The average Bonchev–Trinajstić information content (AvgIpc) is 2.47. The summed E-state index contributed by atoms with van der Waals surface area (Å²) in [5, 5.41) is 0. The summed E-state index contributed by atoms with van der Waals surface area (Å²) < 4.78 is 27.9. The number of nitrogens with zero attached hydrogens (tertiary/aromatic N) is 2. The van der Waals surface area contributed by atoms with Crippen molar-refractivity contribution in [2.24, 2.45) is 4.40 Å². The molecule has 0 fully saturated rings. The van der Waals surface area contributed by atoms with Crippen molar-refractivity contribution in [2.75, 3.05) is 13.1 Å². The highest BCUT2D eigenvalue weighted by atomic mass is 32.2. The third-order valence-electron chi connectivity index (χ3n) is 2.99. The topological polar surface area (TPSA) is 49.7 Å². The van der Waals surface area contributed by atoms with E-state index in [1.807, 2.05) is 4.90 Å². The fourth-order valence-electron chi connectivity index (χ4n) is 1.73. The van der Waals surface area contributed by atoms with Crippen molar-refractivity contribution >= 4 is 16.4 Å². The molecule has 1 aromatic carbocycles. The van der Waals surface area contributed by atoms with Gasteiger partial charge in [0.2, 0.25) is 0 Å². The largest absolute Gasteiger partial charge is 0.362 e. The normalized spacial score (nSPS) is 11.9. The summed E-state index contributed by atoms with van der Waals surface area (Å²) >= 11 is 0. The van der Waals surface area contributed by atoms with E-state index < -0.39 is 10.0 Å². The summed E-state index contributed by atoms with van der Waals surface area (Å²) in [6.07, 6.45) is 5.74. The van der Waals surface area contributed by atoms with Gasteiger partial charge in [-0.25, -0.2) is 0 Å². The maximum absolute atomic E-state index is 12.1. The Morgan fingerprint density at radius 3 is 2.10 bits per heavy atom. The summed E-state index contributed by atoms with van der Waals surface area (Å²) in [5.74, 6) is 0. The first-order chi connectivity index (χ1) is 9.60. The quantitative estimate of drug-likeness (QED) is 0.519. The third kappa shape index (κ3) is 5.74. The molecule has 0 unspecified atom stereocenters. The molecular weight excluding hydrogens is 272 g/mol. The molecule has 0 saturated carbocycles. The summed E-state index contributed by atoms with van der Waals surface area (Å²) in [5.41, 5.74) is 0. The van der Waals surface area contributed by atoms with Gasteiger partial charge >= 0.3 is 0 Å². The zero-order valence-corrected chi connectivity index (χ0v) is 13.1. The monoisotopic (exact) mass is 296 g/mol. The van der Waals surface area contributed by atoms with Gasteiger partial charge in [-0.05, 0) is 25.0 Å². The second kappa shape index (κ2) is 8.74. The van der Waals surface area contributed by atoms with E-state index in [1.54, 1.807) is 30.3 Å². The Kier molecular flexibility index (Phi) is 7.30. The molecular formula is C15H24N2O2S. The van der Waals surface area contributed by atoms with Crippen molar-refractivity contribution in [1.82, 2.24) is 4.90 Å². The molecule has 0 N–H and O–H groups in total. The highest BCUT2D eigenvalue weighted by Crippen LogP contribution is 2.10. The van der Waals surface area contributed by atoms with Crippen molar-refractivity contribution < 1.29 is 8.42 Å². The van der Waals surface area contributed by atoms with E-state index in [1.165, 1.54) is 6.34 Å². The van der Waals surface area contributed by atoms with E-state index in [9.17, 15) is 8.42 Å². The number of unbranched alkanes of at least 4 members (excludes halogenated alkanes) is 2. The number of hydrogen-bond acceptors (Lipinski definition) is 2. The SMILES string of the molecule is CCCCN(/C=N/S(=O)(=O)c1ccccc1)CCCC. The molecule has 4 nitrogen and oxygen atoms in total. The van der Waals surface area contributed by atoms with Gasteiger partial charge in [-0.15, -0.1) is 4.40 Å². The highest BCUT2D eigenvalue weighted by Gasteiger charge is 2.11. The van der Waals surface area contributed by atoms with Crippen molar-refractivity contribution in [2.45, 2.75) is 44.4 Å². The lowest BCUT2D eigenvalue weighted by Crippen LogP contribution is -2.25. The molecule has 0 radical (unpaired) electrons. The van der Waals surface area contributed by atoms with Crippen LogP contribution in [0.15, 0.2) is 39.6 Å². The van der Waals surface area contributed by atoms with Crippen LogP contribution in [0.1, 0.15) is 39.5 Å². The summed E-state index contributed by atoms with van der Waals surface area (Å²) in [4.78, 5) is 2.23. The smallest absolute Gasteiger partial charge is 0.283 e. The first-order valence-electron chi connectivity index (χ1n) is 7.19. The van der Waals surface area contributed by atoms with Crippen LogP contribution in [0.25, 0.3) is 0 Å². The van der Waals surface area contributed by atoms with E-state index in [2.05, 4.69) is 18.2 Å². The molecule has 20 heavy (non-hydrogen) atoms. The molecule has 0 amide bonds. The molecule has 0 aliphatic carbocycles. The van der Waals surface area contributed by atoms with Gasteiger partial charge in [0, 0.05) is 13.1 Å². The lowest BCUT2D eigenvalue weighted by Gasteiger charge is -2.18. The van der Waals surface area contributed by atoms with Gasteiger partial charge in [0.15, 0.2) is 0 Å². The number of hydrogen-bond donors (Lipinski definition) is 0. The van der Waals surface area contributed by atoms with E-state index in [4.69, 9.17) is 0 Å². The van der Waals surface area contributed by atoms with E-state index in [0.29, 0.717) is 0 Å². The summed E-state index contributed by atoms with van der Waals surface area (Å²) in [7, 11) is -3.58. The standard InChI is InChI=1S/C15H24N2O2S/c1-3-5-12-17(13-6-4-2)14-16-20(18,19)15-10-8-7-9-11-15/h7-11,14H,3-6,12-13H2,1-2H3/b16-14+. The zero-order chi connectivity index (χ0) is 14.8. The predicted octanol–water partition coefficient (Wildman–Crippen LogP) is 3.31. The second-order valence-electron chi connectivity index (χ2n) is 4.75. The molecule has 5 heteroatoms. The van der Waals surface area contributed by atoms with E-state index in [0.717, 1.165) is 38.8 Å². The summed E-state index contributed by atoms with van der Waals surface area (Å²) in [6.45, 7) is 5.94. The van der Waals surface area contributed by atoms with Gasteiger partial charge in [0.05, 0.1) is 4.90 Å². The van der Waals surface area contributed by atoms with Gasteiger partial charge in [-0.3, -0.25) is 0 Å². The van der Waals surface area contributed by atoms with Gasteiger partial charge in [0.25, 0.3) is 10.0 Å². The molecule has 0 heterocycles. The summed E-state index contributed by atoms with van der Waals surface area (Å²) in [6, 6.07) is 8.32. The minimum absolute atomic E-state index is 0.238. The van der Waals surface area contributed by atoms with Crippen molar-refractivity contribution in [3.05, 3.63) is 30.3 Å². The minimum Gasteiger partial charge on any atom is -0.362 e. The average molecular weight is 296 g/mol. The fraction of sp³-hybridized carbons (Fsp3) is 0.533. The Morgan fingerprint density at radius 2 is 1.60 bits per heavy atom. The Labute approximate surface area is 122 Å². The third-order valence-corrected chi connectivity index (χ3v) is 4.23. The van der Waals surface area contributed by atoms with Crippen molar-refractivity contribution in [1.29, 1.82) is 0 Å². The Balaban J connectivity index is 2.75. The van der Waals surface area contributed by atoms with Crippen LogP contribution in [-0.2, 0) is 10.0 Å². The molecule has 0 saturated heterocycles. The molecule has 0 aliphatic rings. The van der Waals surface area contributed by atoms with Crippen LogP contribution in [-0.4, -0.2) is 32.7 Å². The van der Waals surface area contributed by atoms with Gasteiger partial charge < -0.3 is 4.90 Å². The molecule has 112 valence electrons. The predicted molar refractivity (Wildman–Crippen MR) is 83.5 cm³/mol. The number of sulfonamides is 1. The Hall–Kier alpha value is -1.36. The van der Waals surface area contributed by atoms with Gasteiger partial charge in [-0.1, -0.05) is 44.9 Å². The number of benzene rings is 1. The van der Waals surface area contributed by atoms with Crippen LogP contribution in [0.5, 0.6) is 0 Å². The molecule has 0 aliphatic heterocycles. The van der Waals surface area contributed by atoms with Crippen LogP contribution in [0.3, 0.4) is 0 Å². The maximum atomic E-state index is 12.1. The molecule has 0 atom stereocenters. The van der Waals surface area contributed by atoms with Gasteiger partial charge in [0.1, 0.15) is 6.34 Å². The zero-order valence-electron chi connectivity index (χ0n) is 12.3. The maximum Gasteiger partial charge on any atom is 0.283 e. The fourth-order valence-corrected chi connectivity index (χ4v) is 2.61. The van der Waals surface area contributed by atoms with Crippen LogP contribution < -0.4 is 0 Å². The van der Waals surface area contributed by atoms with Crippen LogP contribution in [0.2, 0.25) is 0 Å². The first-order valence-corrected chi connectivity index (χ1v) is 8.63. The molecule has 0 aromatic heterocycles. The Morgan fingerprint density at radius 1 is 1.05 bits per heavy atom. The molecule has 0 spiro atoms. The van der Waals surface area contributed by atoms with Crippen molar-refractivity contribution in [3.8, 4) is 0 Å². The van der Waals surface area contributed by atoms with E-state index in [-0.39, 0.29) is 4.90 Å². The lowest BCUT2D eigenvalue weighted by molar-refractivity contribution is 0.409. The van der Waals surface area contributed by atoms with E-state index >= 15 is 0 Å². The van der Waals surface area contributed by atoms with Gasteiger partial charge in [-0.2, -0.15) is 8.42 Å². The highest BCUT2D eigenvalue weighted by molar-refractivity contribution is 7.90. The second-order valence-corrected chi connectivity index (χ2v) is 6.38. The minimum atomic E-state index is -3.58. The first kappa shape index (κ1) is 16.7. The Bertz CT molecular complexity index is 490. The number of rotatable bonds is 9. The van der Waals surface area contributed by atoms with Crippen LogP contribution in [0, 0.1) is 0 Å².